The highest BCUT2D eigenvalue weighted by molar-refractivity contribution is 7.90. The van der Waals surface area contributed by atoms with Gasteiger partial charge in [0.15, 0.2) is 0 Å². The molecule has 0 bridgehead atoms. The van der Waals surface area contributed by atoms with E-state index in [-0.39, 0.29) is 10.8 Å². The van der Waals surface area contributed by atoms with Crippen molar-refractivity contribution >= 4 is 27.5 Å². The van der Waals surface area contributed by atoms with Crippen LogP contribution in [-0.4, -0.2) is 45.3 Å². The molecule has 1 N–H and O–H groups in total. The Labute approximate surface area is 177 Å². The molecular formula is C22H27N3O4S. The minimum absolute atomic E-state index is 0.0990. The molecule has 1 aliphatic rings. The van der Waals surface area contributed by atoms with Crippen molar-refractivity contribution in [2.45, 2.75) is 37.5 Å². The molecule has 0 spiro atoms. The highest BCUT2D eigenvalue weighted by Crippen LogP contribution is 2.20. The molecular weight excluding hydrogens is 402 g/mol. The third-order valence-electron chi connectivity index (χ3n) is 4.85. The molecule has 160 valence electrons. The molecule has 30 heavy (non-hydrogen) atoms. The summed E-state index contributed by atoms with van der Waals surface area (Å²) in [4.78, 5) is 14.4. The first-order chi connectivity index (χ1) is 14.4. The monoisotopic (exact) mass is 429 g/mol. The quantitative estimate of drug-likeness (QED) is 0.643. The minimum Gasteiger partial charge on any atom is -0.494 e. The van der Waals surface area contributed by atoms with Crippen molar-refractivity contribution in [3.63, 3.8) is 0 Å². The number of carbonyl (C=O) groups is 1. The summed E-state index contributed by atoms with van der Waals surface area (Å²) in [5.41, 5.74) is 0.998. The second-order valence-electron chi connectivity index (χ2n) is 7.21. The first kappa shape index (κ1) is 21.8. The van der Waals surface area contributed by atoms with Gasteiger partial charge in [0.2, 0.25) is 0 Å². The number of rotatable bonds is 8. The van der Waals surface area contributed by atoms with E-state index in [1.807, 2.05) is 11.9 Å². The Kier molecular flexibility index (Phi) is 7.10. The largest absolute Gasteiger partial charge is 0.494 e. The number of likely N-dealkylation sites (tertiary alicyclic amines) is 1. The number of carbonyl (C=O) groups excluding carboxylic acids is 1. The van der Waals surface area contributed by atoms with E-state index < -0.39 is 10.0 Å². The van der Waals surface area contributed by atoms with Gasteiger partial charge in [-0.1, -0.05) is 13.3 Å². The summed E-state index contributed by atoms with van der Waals surface area (Å²) in [5.74, 6) is 1.03. The number of hydrogen-bond donors (Lipinski definition) is 1. The lowest BCUT2D eigenvalue weighted by atomic mass is 10.2. The number of unbranched alkanes of at least 4 members (excludes halogenated alkanes) is 1. The summed E-state index contributed by atoms with van der Waals surface area (Å²) < 4.78 is 34.5. The van der Waals surface area contributed by atoms with Gasteiger partial charge < -0.3 is 15.0 Å². The highest BCUT2D eigenvalue weighted by Gasteiger charge is 2.20. The Morgan fingerprint density at radius 2 is 1.83 bits per heavy atom. The lowest BCUT2D eigenvalue weighted by Crippen LogP contribution is -2.20. The van der Waals surface area contributed by atoms with E-state index in [1.54, 1.807) is 36.4 Å². The molecule has 3 rings (SSSR count). The summed E-state index contributed by atoms with van der Waals surface area (Å²) in [6.45, 7) is 3.56. The third kappa shape index (κ3) is 5.60. The number of ether oxygens (including phenoxy) is 1. The van der Waals surface area contributed by atoms with E-state index >= 15 is 0 Å². The maximum Gasteiger partial charge on any atom is 0.283 e. The Balaban J connectivity index is 1.63. The SMILES string of the molecule is CCCCOc1ccc(C(=O)Nc2ccc(S(=O)(=O)N=C3CCCN3C)cc2)cc1. The predicted octanol–water partition coefficient (Wildman–Crippen LogP) is 3.93. The molecule has 7 nitrogen and oxygen atoms in total. The Morgan fingerprint density at radius 3 is 2.43 bits per heavy atom. The Hall–Kier alpha value is -2.87. The molecule has 1 aliphatic heterocycles. The minimum atomic E-state index is -3.77. The van der Waals surface area contributed by atoms with Gasteiger partial charge in [-0.05, 0) is 61.4 Å². The van der Waals surface area contributed by atoms with Crippen molar-refractivity contribution in [2.24, 2.45) is 4.40 Å². The molecule has 0 unspecified atom stereocenters. The molecule has 0 aliphatic carbocycles. The van der Waals surface area contributed by atoms with E-state index in [9.17, 15) is 13.2 Å². The van der Waals surface area contributed by atoms with Gasteiger partial charge in [0.1, 0.15) is 11.6 Å². The van der Waals surface area contributed by atoms with Crippen molar-refractivity contribution in [2.75, 3.05) is 25.5 Å². The molecule has 1 fully saturated rings. The molecule has 1 saturated heterocycles. The van der Waals surface area contributed by atoms with Crippen LogP contribution in [0.2, 0.25) is 0 Å². The summed E-state index contributed by atoms with van der Waals surface area (Å²) in [5, 5.41) is 2.77. The number of sulfonamides is 1. The van der Waals surface area contributed by atoms with E-state index in [4.69, 9.17) is 4.74 Å². The van der Waals surface area contributed by atoms with Gasteiger partial charge in [-0.25, -0.2) is 0 Å². The molecule has 0 aromatic heterocycles. The van der Waals surface area contributed by atoms with Crippen LogP contribution in [0.5, 0.6) is 5.75 Å². The number of nitrogens with zero attached hydrogens (tertiary/aromatic N) is 2. The zero-order chi connectivity index (χ0) is 21.6. The fourth-order valence-corrected chi connectivity index (χ4v) is 4.14. The normalized spacial score (nSPS) is 15.4. The van der Waals surface area contributed by atoms with Crippen LogP contribution in [0.3, 0.4) is 0 Å². The van der Waals surface area contributed by atoms with Crippen molar-refractivity contribution in [3.05, 3.63) is 54.1 Å². The number of benzene rings is 2. The zero-order valence-electron chi connectivity index (χ0n) is 17.3. The Bertz CT molecular complexity index is 1000. The lowest BCUT2D eigenvalue weighted by molar-refractivity contribution is 0.102. The Morgan fingerprint density at radius 1 is 1.13 bits per heavy atom. The molecule has 8 heteroatoms. The van der Waals surface area contributed by atoms with Crippen molar-refractivity contribution in [3.8, 4) is 5.75 Å². The van der Waals surface area contributed by atoms with Crippen LogP contribution in [-0.2, 0) is 10.0 Å². The number of amidine groups is 1. The van der Waals surface area contributed by atoms with Crippen LogP contribution >= 0.6 is 0 Å². The second-order valence-corrected chi connectivity index (χ2v) is 8.82. The number of nitrogens with one attached hydrogen (secondary N) is 1. The van der Waals surface area contributed by atoms with E-state index in [0.29, 0.717) is 30.1 Å². The van der Waals surface area contributed by atoms with Crippen LogP contribution in [0.25, 0.3) is 0 Å². The van der Waals surface area contributed by atoms with Gasteiger partial charge in [0.25, 0.3) is 15.9 Å². The molecule has 0 radical (unpaired) electrons. The lowest BCUT2D eigenvalue weighted by Gasteiger charge is -2.11. The average molecular weight is 430 g/mol. The molecule has 0 atom stereocenters. The van der Waals surface area contributed by atoms with E-state index in [0.717, 1.165) is 31.6 Å². The first-order valence-electron chi connectivity index (χ1n) is 10.1. The fraction of sp³-hybridized carbons (Fsp3) is 0.364. The first-order valence-corrected chi connectivity index (χ1v) is 11.5. The van der Waals surface area contributed by atoms with Gasteiger partial charge in [-0.2, -0.15) is 8.42 Å². The summed E-state index contributed by atoms with van der Waals surface area (Å²) in [7, 11) is -1.93. The molecule has 1 heterocycles. The maximum absolute atomic E-state index is 12.5. The van der Waals surface area contributed by atoms with Crippen LogP contribution in [0.1, 0.15) is 43.0 Å². The van der Waals surface area contributed by atoms with Crippen LogP contribution in [0.15, 0.2) is 57.8 Å². The summed E-state index contributed by atoms with van der Waals surface area (Å²) in [6.07, 6.45) is 3.61. The fourth-order valence-electron chi connectivity index (χ4n) is 3.05. The van der Waals surface area contributed by atoms with Crippen LogP contribution in [0.4, 0.5) is 5.69 Å². The molecule has 2 aromatic rings. The number of hydrogen-bond acceptors (Lipinski definition) is 4. The number of anilines is 1. The third-order valence-corrected chi connectivity index (χ3v) is 6.17. The summed E-state index contributed by atoms with van der Waals surface area (Å²) >= 11 is 0. The van der Waals surface area contributed by atoms with Crippen molar-refractivity contribution in [1.29, 1.82) is 0 Å². The van der Waals surface area contributed by atoms with Crippen molar-refractivity contribution < 1.29 is 17.9 Å². The van der Waals surface area contributed by atoms with E-state index in [1.165, 1.54) is 12.1 Å². The molecule has 1 amide bonds. The molecule has 0 saturated carbocycles. The van der Waals surface area contributed by atoms with Gasteiger partial charge in [-0.3, -0.25) is 4.79 Å². The van der Waals surface area contributed by atoms with Crippen LogP contribution in [0, 0.1) is 0 Å². The van der Waals surface area contributed by atoms with Gasteiger partial charge in [0, 0.05) is 31.3 Å². The van der Waals surface area contributed by atoms with Crippen LogP contribution < -0.4 is 10.1 Å². The molecule has 2 aromatic carbocycles. The maximum atomic E-state index is 12.5. The standard InChI is InChI=1S/C22H27N3O4S/c1-3-4-16-29-19-11-7-17(8-12-19)22(26)23-18-9-13-20(14-10-18)30(27,28)24-21-6-5-15-25(21)2/h7-14H,3-6,15-16H2,1-2H3,(H,23,26). The second kappa shape index (κ2) is 9.75. The van der Waals surface area contributed by atoms with Crippen molar-refractivity contribution in [1.82, 2.24) is 4.90 Å². The van der Waals surface area contributed by atoms with Gasteiger partial charge >= 0.3 is 0 Å². The van der Waals surface area contributed by atoms with Gasteiger partial charge in [0.05, 0.1) is 11.5 Å². The predicted molar refractivity (Wildman–Crippen MR) is 118 cm³/mol. The van der Waals surface area contributed by atoms with Gasteiger partial charge in [-0.15, -0.1) is 4.40 Å². The highest BCUT2D eigenvalue weighted by atomic mass is 32.2. The zero-order valence-corrected chi connectivity index (χ0v) is 18.1. The average Bonchev–Trinajstić information content (AvgIpc) is 3.13. The topological polar surface area (TPSA) is 88.1 Å². The number of amides is 1. The summed E-state index contributed by atoms with van der Waals surface area (Å²) in [6, 6.07) is 13.0. The van der Waals surface area contributed by atoms with E-state index in [2.05, 4.69) is 16.6 Å². The smallest absolute Gasteiger partial charge is 0.283 e.